The Labute approximate surface area is 203 Å². The zero-order chi connectivity index (χ0) is 24.2. The Morgan fingerprint density at radius 1 is 0.914 bits per heavy atom. The van der Waals surface area contributed by atoms with Gasteiger partial charge in [-0.05, 0) is 50.2 Å². The maximum atomic E-state index is 13.1. The summed E-state index contributed by atoms with van der Waals surface area (Å²) in [4.78, 5) is 26.0. The molecule has 1 saturated heterocycles. The molecule has 10 nitrogen and oxygen atoms in total. The van der Waals surface area contributed by atoms with Gasteiger partial charge in [-0.25, -0.2) is 9.97 Å². The molecule has 2 aromatic heterocycles. The molecule has 0 spiro atoms. The molecule has 1 fully saturated rings. The Bertz CT molecular complexity index is 1310. The van der Waals surface area contributed by atoms with Crippen molar-refractivity contribution in [1.29, 1.82) is 0 Å². The molecule has 4 aromatic rings. The van der Waals surface area contributed by atoms with Crippen LogP contribution >= 0.6 is 0 Å². The van der Waals surface area contributed by atoms with Crippen molar-refractivity contribution in [1.82, 2.24) is 29.9 Å². The molecule has 1 amide bonds. The number of rotatable bonds is 7. The van der Waals surface area contributed by atoms with Crippen molar-refractivity contribution in [2.45, 2.75) is 13.8 Å². The van der Waals surface area contributed by atoms with Crippen molar-refractivity contribution in [3.63, 3.8) is 0 Å². The number of carbonyl (C=O) groups is 1. The Morgan fingerprint density at radius 2 is 1.66 bits per heavy atom. The fourth-order valence-electron chi connectivity index (χ4n) is 4.21. The van der Waals surface area contributed by atoms with Gasteiger partial charge in [-0.15, -0.1) is 5.10 Å². The van der Waals surface area contributed by atoms with Gasteiger partial charge < -0.3 is 19.3 Å². The molecule has 3 heterocycles. The van der Waals surface area contributed by atoms with E-state index >= 15 is 0 Å². The Kier molecular flexibility index (Phi) is 6.42. The van der Waals surface area contributed by atoms with Gasteiger partial charge in [0.05, 0.1) is 24.5 Å². The van der Waals surface area contributed by atoms with Crippen LogP contribution in [-0.4, -0.2) is 75.2 Å². The van der Waals surface area contributed by atoms with Crippen LogP contribution in [0.25, 0.3) is 16.9 Å². The minimum absolute atomic E-state index is 0.0250. The summed E-state index contributed by atoms with van der Waals surface area (Å²) in [5.74, 6) is 2.11. The number of para-hydroxylation sites is 1. The van der Waals surface area contributed by atoms with E-state index in [0.29, 0.717) is 67.7 Å². The van der Waals surface area contributed by atoms with Gasteiger partial charge in [0.2, 0.25) is 0 Å². The maximum Gasteiger partial charge on any atom is 0.257 e. The number of hydrogen-bond acceptors (Lipinski definition) is 8. The van der Waals surface area contributed by atoms with Crippen LogP contribution in [0.1, 0.15) is 24.2 Å². The van der Waals surface area contributed by atoms with Gasteiger partial charge in [0.15, 0.2) is 17.0 Å². The summed E-state index contributed by atoms with van der Waals surface area (Å²) in [5.41, 5.74) is 2.68. The van der Waals surface area contributed by atoms with Gasteiger partial charge >= 0.3 is 0 Å². The van der Waals surface area contributed by atoms with E-state index in [2.05, 4.69) is 25.2 Å². The van der Waals surface area contributed by atoms with Crippen molar-refractivity contribution in [2.75, 3.05) is 44.3 Å². The van der Waals surface area contributed by atoms with Gasteiger partial charge in [0.25, 0.3) is 5.91 Å². The summed E-state index contributed by atoms with van der Waals surface area (Å²) in [6, 6.07) is 15.0. The SMILES string of the molecule is CCOc1ccc(-n2nnc3c(N4CCN(C(=O)c5ccccc5OCC)CC4)ncnc32)cc1. The van der Waals surface area contributed by atoms with Crippen LogP contribution in [0.2, 0.25) is 0 Å². The summed E-state index contributed by atoms with van der Waals surface area (Å²) in [7, 11) is 0. The highest BCUT2D eigenvalue weighted by Gasteiger charge is 2.27. The summed E-state index contributed by atoms with van der Waals surface area (Å²) < 4.78 is 12.9. The fourth-order valence-corrected chi connectivity index (χ4v) is 4.21. The molecule has 5 rings (SSSR count). The van der Waals surface area contributed by atoms with Crippen molar-refractivity contribution in [3.05, 3.63) is 60.4 Å². The molecule has 1 aliphatic rings. The van der Waals surface area contributed by atoms with Gasteiger partial charge in [-0.2, -0.15) is 4.68 Å². The molecule has 0 N–H and O–H groups in total. The van der Waals surface area contributed by atoms with E-state index in [1.165, 1.54) is 6.33 Å². The largest absolute Gasteiger partial charge is 0.494 e. The Morgan fingerprint density at radius 3 is 2.40 bits per heavy atom. The van der Waals surface area contributed by atoms with E-state index in [4.69, 9.17) is 9.47 Å². The molecule has 0 aliphatic carbocycles. The molecule has 2 aromatic carbocycles. The fraction of sp³-hybridized carbons (Fsp3) is 0.320. The minimum Gasteiger partial charge on any atom is -0.494 e. The second-order valence-electron chi connectivity index (χ2n) is 8.01. The lowest BCUT2D eigenvalue weighted by atomic mass is 10.1. The van der Waals surface area contributed by atoms with Crippen LogP contribution in [-0.2, 0) is 0 Å². The Balaban J connectivity index is 1.33. The molecule has 0 radical (unpaired) electrons. The third-order valence-corrected chi connectivity index (χ3v) is 5.89. The molecule has 180 valence electrons. The molecule has 0 atom stereocenters. The van der Waals surface area contributed by atoms with Gasteiger partial charge in [-0.1, -0.05) is 17.3 Å². The average molecular weight is 474 g/mol. The van der Waals surface area contributed by atoms with Crippen molar-refractivity contribution >= 4 is 22.9 Å². The molecular formula is C25H27N7O3. The van der Waals surface area contributed by atoms with E-state index in [1.54, 1.807) is 4.68 Å². The van der Waals surface area contributed by atoms with Crippen molar-refractivity contribution < 1.29 is 14.3 Å². The molecule has 35 heavy (non-hydrogen) atoms. The zero-order valence-corrected chi connectivity index (χ0v) is 19.8. The van der Waals surface area contributed by atoms with Crippen LogP contribution in [0.4, 0.5) is 5.82 Å². The lowest BCUT2D eigenvalue weighted by molar-refractivity contribution is 0.0742. The summed E-state index contributed by atoms with van der Waals surface area (Å²) >= 11 is 0. The van der Waals surface area contributed by atoms with Gasteiger partial charge in [0, 0.05) is 26.2 Å². The number of aromatic nitrogens is 5. The van der Waals surface area contributed by atoms with E-state index in [-0.39, 0.29) is 5.91 Å². The number of carbonyl (C=O) groups excluding carboxylic acids is 1. The monoisotopic (exact) mass is 473 g/mol. The first-order chi connectivity index (χ1) is 17.2. The summed E-state index contributed by atoms with van der Waals surface area (Å²) in [6.07, 6.45) is 1.53. The number of nitrogens with zero attached hydrogens (tertiary/aromatic N) is 7. The smallest absolute Gasteiger partial charge is 0.257 e. The van der Waals surface area contributed by atoms with Crippen molar-refractivity contribution in [3.8, 4) is 17.2 Å². The molecule has 0 bridgehead atoms. The normalized spacial score (nSPS) is 13.8. The van der Waals surface area contributed by atoms with E-state index in [1.807, 2.05) is 67.3 Å². The summed E-state index contributed by atoms with van der Waals surface area (Å²) in [6.45, 7) is 7.38. The number of anilines is 1. The van der Waals surface area contributed by atoms with Crippen LogP contribution in [0, 0.1) is 0 Å². The highest BCUT2D eigenvalue weighted by molar-refractivity contribution is 5.97. The molecule has 1 aliphatic heterocycles. The maximum absolute atomic E-state index is 13.1. The number of piperazine rings is 1. The van der Waals surface area contributed by atoms with Crippen LogP contribution in [0.5, 0.6) is 11.5 Å². The topological polar surface area (TPSA) is 98.5 Å². The van der Waals surface area contributed by atoms with Crippen LogP contribution in [0.3, 0.4) is 0 Å². The second-order valence-corrected chi connectivity index (χ2v) is 8.01. The number of benzene rings is 2. The third kappa shape index (κ3) is 4.46. The van der Waals surface area contributed by atoms with Crippen molar-refractivity contribution in [2.24, 2.45) is 0 Å². The van der Waals surface area contributed by atoms with Gasteiger partial charge in [-0.3, -0.25) is 4.79 Å². The van der Waals surface area contributed by atoms with E-state index in [0.717, 1.165) is 11.4 Å². The predicted molar refractivity (Wildman–Crippen MR) is 131 cm³/mol. The average Bonchev–Trinajstić information content (AvgIpc) is 3.34. The Hall–Kier alpha value is -4.21. The van der Waals surface area contributed by atoms with Crippen LogP contribution < -0.4 is 14.4 Å². The molecule has 0 unspecified atom stereocenters. The zero-order valence-electron chi connectivity index (χ0n) is 19.8. The predicted octanol–water partition coefficient (Wildman–Crippen LogP) is 2.97. The first-order valence-corrected chi connectivity index (χ1v) is 11.7. The lowest BCUT2D eigenvalue weighted by Gasteiger charge is -2.35. The number of fused-ring (bicyclic) bond motifs is 1. The standard InChI is InChI=1S/C25H27N7O3/c1-3-34-19-11-9-18(10-12-19)32-24-22(28-29-32)23(26-17-27-24)30-13-15-31(16-14-30)25(33)20-7-5-6-8-21(20)35-4-2/h5-12,17H,3-4,13-16H2,1-2H3. The van der Waals surface area contributed by atoms with E-state index < -0.39 is 0 Å². The molecule has 0 saturated carbocycles. The third-order valence-electron chi connectivity index (χ3n) is 5.89. The summed E-state index contributed by atoms with van der Waals surface area (Å²) in [5, 5.41) is 8.71. The first kappa shape index (κ1) is 22.6. The minimum atomic E-state index is -0.0250. The molecule has 10 heteroatoms. The van der Waals surface area contributed by atoms with Crippen LogP contribution in [0.15, 0.2) is 54.9 Å². The first-order valence-electron chi connectivity index (χ1n) is 11.7. The number of amides is 1. The second kappa shape index (κ2) is 9.96. The highest BCUT2D eigenvalue weighted by atomic mass is 16.5. The number of ether oxygens (including phenoxy) is 2. The van der Waals surface area contributed by atoms with Gasteiger partial charge in [0.1, 0.15) is 17.8 Å². The molecular weight excluding hydrogens is 446 g/mol. The van der Waals surface area contributed by atoms with E-state index in [9.17, 15) is 4.79 Å². The quantitative estimate of drug-likeness (QED) is 0.404. The lowest BCUT2D eigenvalue weighted by Crippen LogP contribution is -2.49. The highest BCUT2D eigenvalue weighted by Crippen LogP contribution is 2.26. The number of hydrogen-bond donors (Lipinski definition) is 0.